The van der Waals surface area contributed by atoms with Crippen molar-refractivity contribution in [3.8, 4) is 11.8 Å². The van der Waals surface area contributed by atoms with E-state index < -0.39 is 0 Å². The molecule has 0 saturated carbocycles. The minimum Gasteiger partial charge on any atom is -0.479 e. The van der Waals surface area contributed by atoms with E-state index in [1.165, 1.54) is 11.8 Å². The summed E-state index contributed by atoms with van der Waals surface area (Å²) in [5.74, 6) is 0.526. The number of aliphatic imine (C=N–C) groups is 1. The second-order valence-corrected chi connectivity index (χ2v) is 6.94. The summed E-state index contributed by atoms with van der Waals surface area (Å²) in [6.07, 6.45) is 1.82. The summed E-state index contributed by atoms with van der Waals surface area (Å²) in [5.41, 5.74) is 1.50. The highest BCUT2D eigenvalue weighted by Crippen LogP contribution is 2.35. The maximum absolute atomic E-state index is 12.7. The Morgan fingerprint density at radius 2 is 2.00 bits per heavy atom. The number of nitriles is 1. The minimum absolute atomic E-state index is 0.00209. The number of carbonyl (C=O) groups is 1. The zero-order valence-corrected chi connectivity index (χ0v) is 16.1. The lowest BCUT2D eigenvalue weighted by atomic mass is 10.2. The number of nitrogens with zero attached hydrogens (tertiary/aromatic N) is 3. The number of halogens is 1. The molecule has 5 nitrogen and oxygen atoms in total. The molecule has 1 fully saturated rings. The second-order valence-electron chi connectivity index (χ2n) is 5.52. The maximum atomic E-state index is 12.7. The number of thioether (sulfide) groups is 1. The van der Waals surface area contributed by atoms with E-state index in [9.17, 15) is 4.79 Å². The Kier molecular flexibility index (Phi) is 6.17. The van der Waals surface area contributed by atoms with Gasteiger partial charge in [0, 0.05) is 6.54 Å². The average Bonchev–Trinajstić information content (AvgIpc) is 2.97. The van der Waals surface area contributed by atoms with Crippen molar-refractivity contribution in [1.29, 1.82) is 5.26 Å². The molecule has 0 unspecified atom stereocenters. The predicted molar refractivity (Wildman–Crippen MR) is 109 cm³/mol. The molecule has 0 radical (unpaired) electrons. The third kappa shape index (κ3) is 4.51. The standard InChI is InChI=1S/C20H16ClN3O2S/c1-2-24-19(25)18(13-14-7-9-15(10-8-14)26-12-11-22)27-20(24)23-17-6-4-3-5-16(17)21/h3-10,13H,2,12H2,1H3/b18-13+,23-20?. The summed E-state index contributed by atoms with van der Waals surface area (Å²) in [6, 6.07) is 16.4. The molecular formula is C20H16ClN3O2S. The fraction of sp³-hybridized carbons (Fsp3) is 0.150. The van der Waals surface area contributed by atoms with Crippen molar-refractivity contribution < 1.29 is 9.53 Å². The topological polar surface area (TPSA) is 65.7 Å². The maximum Gasteiger partial charge on any atom is 0.266 e. The molecule has 27 heavy (non-hydrogen) atoms. The molecule has 2 aromatic rings. The van der Waals surface area contributed by atoms with Crippen molar-refractivity contribution in [3.05, 3.63) is 64.0 Å². The molecule has 7 heteroatoms. The van der Waals surface area contributed by atoms with E-state index in [0.29, 0.717) is 33.1 Å². The van der Waals surface area contributed by atoms with E-state index >= 15 is 0 Å². The van der Waals surface area contributed by atoms with E-state index in [0.717, 1.165) is 5.56 Å². The van der Waals surface area contributed by atoms with Crippen molar-refractivity contribution in [3.63, 3.8) is 0 Å². The van der Waals surface area contributed by atoms with Gasteiger partial charge in [0.15, 0.2) is 11.8 Å². The lowest BCUT2D eigenvalue weighted by Crippen LogP contribution is -2.28. The molecule has 2 aromatic carbocycles. The van der Waals surface area contributed by atoms with Crippen molar-refractivity contribution in [2.24, 2.45) is 4.99 Å². The Morgan fingerprint density at radius 1 is 1.26 bits per heavy atom. The largest absolute Gasteiger partial charge is 0.479 e. The molecule has 1 heterocycles. The zero-order valence-electron chi connectivity index (χ0n) is 14.6. The Labute approximate surface area is 166 Å². The van der Waals surface area contributed by atoms with Gasteiger partial charge in [-0.25, -0.2) is 4.99 Å². The van der Waals surface area contributed by atoms with Gasteiger partial charge < -0.3 is 4.74 Å². The summed E-state index contributed by atoms with van der Waals surface area (Å²) in [7, 11) is 0. The van der Waals surface area contributed by atoms with E-state index in [4.69, 9.17) is 21.6 Å². The van der Waals surface area contributed by atoms with Crippen LogP contribution in [0.4, 0.5) is 5.69 Å². The zero-order chi connectivity index (χ0) is 19.2. The lowest BCUT2D eigenvalue weighted by molar-refractivity contribution is -0.122. The van der Waals surface area contributed by atoms with E-state index in [-0.39, 0.29) is 12.5 Å². The predicted octanol–water partition coefficient (Wildman–Crippen LogP) is 4.87. The molecule has 0 bridgehead atoms. The van der Waals surface area contributed by atoms with Crippen LogP contribution in [0.25, 0.3) is 6.08 Å². The molecule has 3 rings (SSSR count). The normalized spacial score (nSPS) is 16.8. The smallest absolute Gasteiger partial charge is 0.266 e. The van der Waals surface area contributed by atoms with E-state index in [2.05, 4.69) is 4.99 Å². The van der Waals surface area contributed by atoms with Crippen LogP contribution in [0.3, 0.4) is 0 Å². The number of rotatable bonds is 5. The third-order valence-electron chi connectivity index (χ3n) is 3.75. The van der Waals surface area contributed by atoms with Gasteiger partial charge in [-0.05, 0) is 54.6 Å². The van der Waals surface area contributed by atoms with Crippen LogP contribution in [0.1, 0.15) is 12.5 Å². The van der Waals surface area contributed by atoms with Crippen molar-refractivity contribution in [1.82, 2.24) is 4.90 Å². The van der Waals surface area contributed by atoms with Crippen LogP contribution in [0, 0.1) is 11.3 Å². The second kappa shape index (κ2) is 8.76. The number of amides is 1. The van der Waals surface area contributed by atoms with Crippen LogP contribution in [0.2, 0.25) is 5.02 Å². The molecular weight excluding hydrogens is 382 g/mol. The molecule has 1 aliphatic heterocycles. The summed E-state index contributed by atoms with van der Waals surface area (Å²) in [4.78, 5) is 19.5. The highest BCUT2D eigenvalue weighted by Gasteiger charge is 2.32. The fourth-order valence-electron chi connectivity index (χ4n) is 2.44. The molecule has 0 aliphatic carbocycles. The summed E-state index contributed by atoms with van der Waals surface area (Å²) < 4.78 is 5.24. The van der Waals surface area contributed by atoms with Crippen molar-refractivity contribution >= 4 is 46.2 Å². The molecule has 0 atom stereocenters. The third-order valence-corrected chi connectivity index (χ3v) is 5.08. The molecule has 0 aromatic heterocycles. The van der Waals surface area contributed by atoms with Crippen LogP contribution < -0.4 is 4.74 Å². The van der Waals surface area contributed by atoms with Gasteiger partial charge in [0.1, 0.15) is 11.8 Å². The van der Waals surface area contributed by atoms with Crippen LogP contribution in [-0.2, 0) is 4.79 Å². The monoisotopic (exact) mass is 397 g/mol. The molecule has 1 aliphatic rings. The minimum atomic E-state index is -0.0851. The van der Waals surface area contributed by atoms with Gasteiger partial charge in [0.25, 0.3) is 5.91 Å². The highest BCUT2D eigenvalue weighted by atomic mass is 35.5. The summed E-state index contributed by atoms with van der Waals surface area (Å²) in [5, 5.41) is 9.70. The summed E-state index contributed by atoms with van der Waals surface area (Å²) in [6.45, 7) is 2.43. The Morgan fingerprint density at radius 3 is 2.67 bits per heavy atom. The van der Waals surface area contributed by atoms with Gasteiger partial charge in [-0.3, -0.25) is 9.69 Å². The number of para-hydroxylation sites is 1. The van der Waals surface area contributed by atoms with Gasteiger partial charge in [-0.2, -0.15) is 5.26 Å². The highest BCUT2D eigenvalue weighted by molar-refractivity contribution is 8.18. The molecule has 1 saturated heterocycles. The quantitative estimate of drug-likeness (QED) is 0.675. The Balaban J connectivity index is 1.85. The van der Waals surface area contributed by atoms with Crippen LogP contribution in [0.15, 0.2) is 58.4 Å². The number of carbonyl (C=O) groups excluding carboxylic acids is 1. The molecule has 1 amide bonds. The number of hydrogen-bond acceptors (Lipinski definition) is 5. The van der Waals surface area contributed by atoms with E-state index in [1.54, 1.807) is 23.1 Å². The van der Waals surface area contributed by atoms with Gasteiger partial charge in [0.05, 0.1) is 15.6 Å². The Hall–Kier alpha value is -2.75. The van der Waals surface area contributed by atoms with Gasteiger partial charge >= 0.3 is 0 Å². The van der Waals surface area contributed by atoms with Crippen molar-refractivity contribution in [2.45, 2.75) is 6.92 Å². The SMILES string of the molecule is CCN1C(=O)/C(=C\c2ccc(OCC#N)cc2)SC1=Nc1ccccc1Cl. The average molecular weight is 398 g/mol. The van der Waals surface area contributed by atoms with Crippen molar-refractivity contribution in [2.75, 3.05) is 13.2 Å². The van der Waals surface area contributed by atoms with Gasteiger partial charge in [-0.1, -0.05) is 35.9 Å². The number of amidine groups is 1. The van der Waals surface area contributed by atoms with E-state index in [1.807, 2.05) is 49.4 Å². The first-order chi connectivity index (χ1) is 13.1. The fourth-order valence-corrected chi connectivity index (χ4v) is 3.68. The Bertz CT molecular complexity index is 948. The first kappa shape index (κ1) is 19.0. The molecule has 0 N–H and O–H groups in total. The molecule has 136 valence electrons. The first-order valence-electron chi connectivity index (χ1n) is 8.27. The lowest BCUT2D eigenvalue weighted by Gasteiger charge is -2.12. The number of hydrogen-bond donors (Lipinski definition) is 0. The number of benzene rings is 2. The number of likely N-dealkylation sites (N-methyl/N-ethyl adjacent to an activating group) is 1. The summed E-state index contributed by atoms with van der Waals surface area (Å²) >= 11 is 7.50. The van der Waals surface area contributed by atoms with Gasteiger partial charge in [-0.15, -0.1) is 0 Å². The van der Waals surface area contributed by atoms with Gasteiger partial charge in [0.2, 0.25) is 0 Å². The molecule has 0 spiro atoms. The first-order valence-corrected chi connectivity index (χ1v) is 9.46. The van der Waals surface area contributed by atoms with Crippen LogP contribution in [-0.4, -0.2) is 29.1 Å². The van der Waals surface area contributed by atoms with Crippen LogP contribution >= 0.6 is 23.4 Å². The van der Waals surface area contributed by atoms with Crippen LogP contribution in [0.5, 0.6) is 5.75 Å². The number of ether oxygens (including phenoxy) is 1.